The van der Waals surface area contributed by atoms with Crippen LogP contribution in [-0.2, 0) is 0 Å². The van der Waals surface area contributed by atoms with Crippen molar-refractivity contribution in [3.05, 3.63) is 64.7 Å². The van der Waals surface area contributed by atoms with Crippen LogP contribution in [-0.4, -0.2) is 18.9 Å². The van der Waals surface area contributed by atoms with Gasteiger partial charge in [-0.2, -0.15) is 0 Å². The van der Waals surface area contributed by atoms with E-state index in [1.54, 1.807) is 6.92 Å². The number of aryl methyl sites for hydroxylation is 2. The summed E-state index contributed by atoms with van der Waals surface area (Å²) in [5, 5.41) is 0. The van der Waals surface area contributed by atoms with Crippen LogP contribution in [0.1, 0.15) is 52.7 Å². The first-order chi connectivity index (χ1) is 11.1. The van der Waals surface area contributed by atoms with Crippen molar-refractivity contribution in [2.75, 3.05) is 18.0 Å². The quantitative estimate of drug-likeness (QED) is 0.752. The molecule has 2 aromatic carbocycles. The minimum absolute atomic E-state index is 0.147. The van der Waals surface area contributed by atoms with Gasteiger partial charge in [0.05, 0.1) is 0 Å². The molecule has 1 aliphatic heterocycles. The van der Waals surface area contributed by atoms with Gasteiger partial charge in [0.25, 0.3) is 0 Å². The number of para-hydroxylation sites is 1. The van der Waals surface area contributed by atoms with Crippen LogP contribution in [0.5, 0.6) is 0 Å². The number of benzene rings is 2. The van der Waals surface area contributed by atoms with E-state index >= 15 is 0 Å². The summed E-state index contributed by atoms with van der Waals surface area (Å²) in [6.45, 7) is 8.16. The molecule has 0 amide bonds. The number of hydrogen-bond donors (Lipinski definition) is 0. The molecule has 23 heavy (non-hydrogen) atoms. The normalized spacial score (nSPS) is 15.7. The minimum atomic E-state index is 0.147. The standard InChI is InChI=1S/C21H25NO/c1-15-6-4-5-7-21(15)22-12-10-18(11-13-22)20-9-8-19(17(3)23)14-16(20)2/h4-9,14,18H,10-13H2,1-3H3. The molecule has 1 fully saturated rings. The van der Waals surface area contributed by atoms with E-state index in [0.717, 1.165) is 18.7 Å². The smallest absolute Gasteiger partial charge is 0.159 e. The highest BCUT2D eigenvalue weighted by molar-refractivity contribution is 5.94. The molecule has 2 heteroatoms. The molecular weight excluding hydrogens is 282 g/mol. The van der Waals surface area contributed by atoms with Crippen LogP contribution in [0.4, 0.5) is 5.69 Å². The van der Waals surface area contributed by atoms with E-state index in [-0.39, 0.29) is 5.78 Å². The molecule has 3 rings (SSSR count). The van der Waals surface area contributed by atoms with Crippen LogP contribution in [0.2, 0.25) is 0 Å². The highest BCUT2D eigenvalue weighted by Crippen LogP contribution is 2.33. The molecule has 1 saturated heterocycles. The van der Waals surface area contributed by atoms with Crippen molar-refractivity contribution in [2.24, 2.45) is 0 Å². The Morgan fingerprint density at radius 1 is 1.00 bits per heavy atom. The third-order valence-electron chi connectivity index (χ3n) is 5.07. The number of carbonyl (C=O) groups is 1. The van der Waals surface area contributed by atoms with Crippen LogP contribution >= 0.6 is 0 Å². The van der Waals surface area contributed by atoms with Crippen molar-refractivity contribution in [1.82, 2.24) is 0 Å². The molecule has 120 valence electrons. The third-order valence-corrected chi connectivity index (χ3v) is 5.07. The van der Waals surface area contributed by atoms with Crippen LogP contribution in [0.3, 0.4) is 0 Å². The van der Waals surface area contributed by atoms with Crippen molar-refractivity contribution in [1.29, 1.82) is 0 Å². The summed E-state index contributed by atoms with van der Waals surface area (Å²) >= 11 is 0. The lowest BCUT2D eigenvalue weighted by Crippen LogP contribution is -2.33. The highest BCUT2D eigenvalue weighted by atomic mass is 16.1. The SMILES string of the molecule is CC(=O)c1ccc(C2CCN(c3ccccc3C)CC2)c(C)c1. The zero-order chi connectivity index (χ0) is 16.4. The average molecular weight is 307 g/mol. The van der Waals surface area contributed by atoms with Gasteiger partial charge in [0.2, 0.25) is 0 Å². The number of piperidine rings is 1. The largest absolute Gasteiger partial charge is 0.371 e. The fourth-order valence-electron chi connectivity index (χ4n) is 3.70. The van der Waals surface area contributed by atoms with E-state index < -0.39 is 0 Å². The van der Waals surface area contributed by atoms with Crippen LogP contribution in [0, 0.1) is 13.8 Å². The first-order valence-corrected chi connectivity index (χ1v) is 8.48. The van der Waals surface area contributed by atoms with Crippen molar-refractivity contribution in [2.45, 2.75) is 39.5 Å². The first kappa shape index (κ1) is 15.8. The van der Waals surface area contributed by atoms with Crippen LogP contribution in [0.25, 0.3) is 0 Å². The molecule has 2 aromatic rings. The van der Waals surface area contributed by atoms with Crippen LogP contribution in [0.15, 0.2) is 42.5 Å². The van der Waals surface area contributed by atoms with Crippen molar-refractivity contribution in [3.63, 3.8) is 0 Å². The molecule has 0 atom stereocenters. The maximum atomic E-state index is 11.5. The predicted molar refractivity (Wildman–Crippen MR) is 96.6 cm³/mol. The van der Waals surface area contributed by atoms with Gasteiger partial charge in [-0.1, -0.05) is 30.3 Å². The Morgan fingerprint density at radius 2 is 1.70 bits per heavy atom. The zero-order valence-electron chi connectivity index (χ0n) is 14.3. The van der Waals surface area contributed by atoms with Gasteiger partial charge >= 0.3 is 0 Å². The summed E-state index contributed by atoms with van der Waals surface area (Å²) < 4.78 is 0. The molecule has 0 aliphatic carbocycles. The maximum absolute atomic E-state index is 11.5. The lowest BCUT2D eigenvalue weighted by atomic mass is 9.85. The third kappa shape index (κ3) is 3.31. The van der Waals surface area contributed by atoms with E-state index in [1.165, 1.54) is 35.2 Å². The summed E-state index contributed by atoms with van der Waals surface area (Å²) in [6.07, 6.45) is 2.35. The van der Waals surface area contributed by atoms with Gasteiger partial charge in [0.15, 0.2) is 5.78 Å². The Morgan fingerprint density at radius 3 is 2.30 bits per heavy atom. The zero-order valence-corrected chi connectivity index (χ0v) is 14.3. The Balaban J connectivity index is 1.72. The summed E-state index contributed by atoms with van der Waals surface area (Å²) in [7, 11) is 0. The van der Waals surface area contributed by atoms with E-state index in [0.29, 0.717) is 5.92 Å². The van der Waals surface area contributed by atoms with Crippen molar-refractivity contribution >= 4 is 11.5 Å². The van der Waals surface area contributed by atoms with Gasteiger partial charge < -0.3 is 4.90 Å². The number of rotatable bonds is 3. The predicted octanol–water partition coefficient (Wildman–Crippen LogP) is 4.89. The lowest BCUT2D eigenvalue weighted by molar-refractivity contribution is 0.101. The van der Waals surface area contributed by atoms with Gasteiger partial charge in [-0.15, -0.1) is 0 Å². The highest BCUT2D eigenvalue weighted by Gasteiger charge is 2.22. The van der Waals surface area contributed by atoms with Gasteiger partial charge in [-0.3, -0.25) is 4.79 Å². The number of Topliss-reactive ketones (excluding diaryl/α,β-unsaturated/α-hetero) is 1. The molecule has 0 aromatic heterocycles. The molecule has 1 aliphatic rings. The van der Waals surface area contributed by atoms with E-state index in [2.05, 4.69) is 49.1 Å². The van der Waals surface area contributed by atoms with Crippen LogP contribution < -0.4 is 4.90 Å². The minimum Gasteiger partial charge on any atom is -0.371 e. The number of nitrogens with zero attached hydrogens (tertiary/aromatic N) is 1. The molecule has 0 saturated carbocycles. The summed E-state index contributed by atoms with van der Waals surface area (Å²) in [5.74, 6) is 0.755. The molecule has 2 nitrogen and oxygen atoms in total. The topological polar surface area (TPSA) is 20.3 Å². The average Bonchev–Trinajstić information content (AvgIpc) is 2.55. The molecule has 0 spiro atoms. The molecule has 0 bridgehead atoms. The number of hydrogen-bond acceptors (Lipinski definition) is 2. The number of anilines is 1. The summed E-state index contributed by atoms with van der Waals surface area (Å²) in [6, 6.07) is 14.8. The molecule has 0 radical (unpaired) electrons. The lowest BCUT2D eigenvalue weighted by Gasteiger charge is -2.35. The summed E-state index contributed by atoms with van der Waals surface area (Å²) in [5.41, 5.74) is 6.22. The fourth-order valence-corrected chi connectivity index (χ4v) is 3.70. The van der Waals surface area contributed by atoms with Gasteiger partial charge in [-0.25, -0.2) is 0 Å². The molecular formula is C21H25NO. The number of carbonyl (C=O) groups excluding carboxylic acids is 1. The van der Waals surface area contributed by atoms with E-state index in [9.17, 15) is 4.79 Å². The Hall–Kier alpha value is -2.09. The first-order valence-electron chi connectivity index (χ1n) is 8.48. The fraction of sp³-hybridized carbons (Fsp3) is 0.381. The Kier molecular flexibility index (Phi) is 4.51. The van der Waals surface area contributed by atoms with Crippen molar-refractivity contribution in [3.8, 4) is 0 Å². The second kappa shape index (κ2) is 6.57. The Bertz CT molecular complexity index is 712. The van der Waals surface area contributed by atoms with Gasteiger partial charge in [-0.05, 0) is 68.4 Å². The van der Waals surface area contributed by atoms with Gasteiger partial charge in [0.1, 0.15) is 0 Å². The Labute approximate surface area is 139 Å². The van der Waals surface area contributed by atoms with E-state index in [1.807, 2.05) is 12.1 Å². The second-order valence-electron chi connectivity index (χ2n) is 6.68. The van der Waals surface area contributed by atoms with Crippen molar-refractivity contribution < 1.29 is 4.79 Å². The molecule has 1 heterocycles. The summed E-state index contributed by atoms with van der Waals surface area (Å²) in [4.78, 5) is 14.0. The second-order valence-corrected chi connectivity index (χ2v) is 6.68. The molecule has 0 N–H and O–H groups in total. The number of ketones is 1. The monoisotopic (exact) mass is 307 g/mol. The maximum Gasteiger partial charge on any atom is 0.159 e. The van der Waals surface area contributed by atoms with E-state index in [4.69, 9.17) is 0 Å². The van der Waals surface area contributed by atoms with Gasteiger partial charge in [0, 0.05) is 24.3 Å². The molecule has 0 unspecified atom stereocenters.